The molecular weight excluding hydrogens is 218 g/mol. The molecule has 17 heavy (non-hydrogen) atoms. The maximum Gasteiger partial charge on any atom is 0.204 e. The quantitative estimate of drug-likeness (QED) is 0.793. The standard InChI is InChI=1S/C11H19N5O/c1-8-6-16(5-4-15(8)2)11-9(17-3)10(12)13-7-14-11/h7-8H,4-6H2,1-3H3,(H2,12,13,14). The Balaban J connectivity index is 2.25. The molecule has 0 spiro atoms. The van der Waals surface area contributed by atoms with Crippen molar-refractivity contribution in [1.29, 1.82) is 0 Å². The number of rotatable bonds is 2. The lowest BCUT2D eigenvalue weighted by atomic mass is 10.2. The highest BCUT2D eigenvalue weighted by Gasteiger charge is 2.24. The van der Waals surface area contributed by atoms with Gasteiger partial charge in [-0.2, -0.15) is 0 Å². The molecule has 2 N–H and O–H groups in total. The fourth-order valence-electron chi connectivity index (χ4n) is 2.04. The summed E-state index contributed by atoms with van der Waals surface area (Å²) in [6, 6.07) is 0.490. The molecule has 2 heterocycles. The van der Waals surface area contributed by atoms with Crippen molar-refractivity contribution >= 4 is 11.6 Å². The van der Waals surface area contributed by atoms with Gasteiger partial charge in [-0.15, -0.1) is 0 Å². The van der Waals surface area contributed by atoms with Gasteiger partial charge in [-0.1, -0.05) is 0 Å². The second kappa shape index (κ2) is 4.75. The van der Waals surface area contributed by atoms with Gasteiger partial charge in [-0.3, -0.25) is 0 Å². The van der Waals surface area contributed by atoms with Crippen LogP contribution in [0.15, 0.2) is 6.33 Å². The number of methoxy groups -OCH3 is 1. The zero-order valence-corrected chi connectivity index (χ0v) is 10.6. The number of nitrogens with two attached hydrogens (primary N) is 1. The second-order valence-corrected chi connectivity index (χ2v) is 4.39. The highest BCUT2D eigenvalue weighted by atomic mass is 16.5. The third-order valence-corrected chi connectivity index (χ3v) is 3.28. The number of piperazine rings is 1. The van der Waals surface area contributed by atoms with Gasteiger partial charge in [0.1, 0.15) is 6.33 Å². The Kier molecular flexibility index (Phi) is 3.33. The first-order valence-electron chi connectivity index (χ1n) is 5.73. The monoisotopic (exact) mass is 237 g/mol. The van der Waals surface area contributed by atoms with Crippen molar-refractivity contribution in [2.24, 2.45) is 0 Å². The van der Waals surface area contributed by atoms with Gasteiger partial charge in [0.05, 0.1) is 7.11 Å². The van der Waals surface area contributed by atoms with E-state index in [0.717, 1.165) is 25.5 Å². The fourth-order valence-corrected chi connectivity index (χ4v) is 2.04. The SMILES string of the molecule is COc1c(N)ncnc1N1CCN(C)C(C)C1. The van der Waals surface area contributed by atoms with Gasteiger partial charge >= 0.3 is 0 Å². The van der Waals surface area contributed by atoms with Crippen LogP contribution in [0.3, 0.4) is 0 Å². The van der Waals surface area contributed by atoms with Gasteiger partial charge in [0.2, 0.25) is 5.75 Å². The van der Waals surface area contributed by atoms with Crippen LogP contribution >= 0.6 is 0 Å². The van der Waals surface area contributed by atoms with E-state index < -0.39 is 0 Å². The van der Waals surface area contributed by atoms with Gasteiger partial charge in [0.15, 0.2) is 11.6 Å². The lowest BCUT2D eigenvalue weighted by molar-refractivity contribution is 0.232. The van der Waals surface area contributed by atoms with E-state index in [-0.39, 0.29) is 0 Å². The molecule has 0 radical (unpaired) electrons. The van der Waals surface area contributed by atoms with E-state index in [0.29, 0.717) is 17.6 Å². The van der Waals surface area contributed by atoms with Crippen molar-refractivity contribution in [1.82, 2.24) is 14.9 Å². The summed E-state index contributed by atoms with van der Waals surface area (Å²) in [4.78, 5) is 12.8. The van der Waals surface area contributed by atoms with E-state index in [2.05, 4.69) is 33.7 Å². The van der Waals surface area contributed by atoms with Crippen LogP contribution in [0, 0.1) is 0 Å². The minimum atomic E-state index is 0.393. The highest BCUT2D eigenvalue weighted by Crippen LogP contribution is 2.30. The molecule has 94 valence electrons. The van der Waals surface area contributed by atoms with Crippen LogP contribution in [0.2, 0.25) is 0 Å². The molecule has 1 unspecified atom stereocenters. The molecule has 1 aliphatic rings. The van der Waals surface area contributed by atoms with Gasteiger partial charge in [0, 0.05) is 25.7 Å². The number of hydrogen-bond donors (Lipinski definition) is 1. The van der Waals surface area contributed by atoms with Crippen LogP contribution in [0.5, 0.6) is 5.75 Å². The van der Waals surface area contributed by atoms with Crippen LogP contribution in [0.1, 0.15) is 6.92 Å². The predicted octanol–water partition coefficient (Wildman–Crippen LogP) is 0.208. The van der Waals surface area contributed by atoms with Crippen LogP contribution < -0.4 is 15.4 Å². The number of aromatic nitrogens is 2. The molecule has 0 aliphatic carbocycles. The molecule has 6 heteroatoms. The normalized spacial score (nSPS) is 21.6. The van der Waals surface area contributed by atoms with E-state index in [1.54, 1.807) is 7.11 Å². The Morgan fingerprint density at radius 3 is 2.82 bits per heavy atom. The van der Waals surface area contributed by atoms with Crippen LogP contribution in [-0.2, 0) is 0 Å². The van der Waals surface area contributed by atoms with Gasteiger partial charge in [0.25, 0.3) is 0 Å². The first-order valence-corrected chi connectivity index (χ1v) is 5.73. The summed E-state index contributed by atoms with van der Waals surface area (Å²) < 4.78 is 5.29. The van der Waals surface area contributed by atoms with Crippen molar-refractivity contribution in [3.63, 3.8) is 0 Å². The summed E-state index contributed by atoms with van der Waals surface area (Å²) in [6.45, 7) is 5.05. The number of ether oxygens (including phenoxy) is 1. The van der Waals surface area contributed by atoms with E-state index in [1.165, 1.54) is 6.33 Å². The highest BCUT2D eigenvalue weighted by molar-refractivity contribution is 5.62. The maximum atomic E-state index is 5.79. The largest absolute Gasteiger partial charge is 0.490 e. The zero-order chi connectivity index (χ0) is 12.4. The molecule has 0 amide bonds. The average Bonchev–Trinajstić information content (AvgIpc) is 2.32. The van der Waals surface area contributed by atoms with Crippen molar-refractivity contribution in [2.75, 3.05) is 44.4 Å². The minimum absolute atomic E-state index is 0.393. The lowest BCUT2D eigenvalue weighted by Crippen LogP contribution is -2.50. The van der Waals surface area contributed by atoms with Crippen molar-refractivity contribution in [3.8, 4) is 5.75 Å². The summed E-state index contributed by atoms with van der Waals surface area (Å²) in [5.41, 5.74) is 5.79. The molecule has 0 saturated carbocycles. The maximum absolute atomic E-state index is 5.79. The first-order chi connectivity index (χ1) is 8.13. The molecule has 1 saturated heterocycles. The van der Waals surface area contributed by atoms with Crippen LogP contribution in [-0.4, -0.2) is 54.7 Å². The van der Waals surface area contributed by atoms with Crippen molar-refractivity contribution < 1.29 is 4.74 Å². The summed E-state index contributed by atoms with van der Waals surface area (Å²) in [5, 5.41) is 0. The van der Waals surface area contributed by atoms with E-state index in [4.69, 9.17) is 10.5 Å². The van der Waals surface area contributed by atoms with E-state index >= 15 is 0 Å². The van der Waals surface area contributed by atoms with Crippen molar-refractivity contribution in [2.45, 2.75) is 13.0 Å². The summed E-state index contributed by atoms with van der Waals surface area (Å²) in [7, 11) is 3.73. The number of nitrogens with zero attached hydrogens (tertiary/aromatic N) is 4. The number of anilines is 2. The third kappa shape index (κ3) is 2.26. The number of hydrogen-bond acceptors (Lipinski definition) is 6. The minimum Gasteiger partial charge on any atom is -0.490 e. The smallest absolute Gasteiger partial charge is 0.204 e. The van der Waals surface area contributed by atoms with E-state index in [9.17, 15) is 0 Å². The number of nitrogen functional groups attached to an aromatic ring is 1. The summed E-state index contributed by atoms with van der Waals surface area (Å²) in [6.07, 6.45) is 1.48. The predicted molar refractivity (Wildman–Crippen MR) is 67.3 cm³/mol. The Hall–Kier alpha value is -1.56. The van der Waals surface area contributed by atoms with Gasteiger partial charge in [-0.05, 0) is 14.0 Å². The molecule has 2 rings (SSSR count). The zero-order valence-electron chi connectivity index (χ0n) is 10.6. The molecule has 1 atom stereocenters. The molecule has 0 bridgehead atoms. The summed E-state index contributed by atoms with van der Waals surface area (Å²) in [5.74, 6) is 1.76. The molecule has 1 aliphatic heterocycles. The molecular formula is C11H19N5O. The topological polar surface area (TPSA) is 67.5 Å². The Morgan fingerprint density at radius 2 is 2.18 bits per heavy atom. The van der Waals surface area contributed by atoms with Crippen LogP contribution in [0.4, 0.5) is 11.6 Å². The Morgan fingerprint density at radius 1 is 1.41 bits per heavy atom. The molecule has 1 fully saturated rings. The van der Waals surface area contributed by atoms with Gasteiger partial charge in [-0.25, -0.2) is 9.97 Å². The molecule has 0 aromatic carbocycles. The van der Waals surface area contributed by atoms with Gasteiger partial charge < -0.3 is 20.3 Å². The van der Waals surface area contributed by atoms with Crippen molar-refractivity contribution in [3.05, 3.63) is 6.33 Å². The lowest BCUT2D eigenvalue weighted by Gasteiger charge is -2.38. The summed E-state index contributed by atoms with van der Waals surface area (Å²) >= 11 is 0. The Bertz CT molecular complexity index is 397. The first kappa shape index (κ1) is 11.9. The second-order valence-electron chi connectivity index (χ2n) is 4.39. The fraction of sp³-hybridized carbons (Fsp3) is 0.636. The molecule has 1 aromatic heterocycles. The molecule has 6 nitrogen and oxygen atoms in total. The third-order valence-electron chi connectivity index (χ3n) is 3.28. The molecule has 1 aromatic rings. The van der Waals surface area contributed by atoms with E-state index in [1.807, 2.05) is 0 Å². The Labute approximate surface area is 101 Å². The average molecular weight is 237 g/mol. The number of likely N-dealkylation sites (N-methyl/N-ethyl adjacent to an activating group) is 1. The van der Waals surface area contributed by atoms with Crippen LogP contribution in [0.25, 0.3) is 0 Å².